The Hall–Kier alpha value is -3.60. The van der Waals surface area contributed by atoms with Crippen LogP contribution >= 0.6 is 0 Å². The van der Waals surface area contributed by atoms with E-state index in [1.807, 2.05) is 0 Å². The summed E-state index contributed by atoms with van der Waals surface area (Å²) in [5.41, 5.74) is 0.243. The molecule has 0 heterocycles. The first-order chi connectivity index (χ1) is 19.9. The summed E-state index contributed by atoms with van der Waals surface area (Å²) >= 11 is 0. The lowest BCUT2D eigenvalue weighted by molar-refractivity contribution is -0.138. The van der Waals surface area contributed by atoms with Crippen LogP contribution in [0.15, 0.2) is 84.9 Å². The lowest BCUT2D eigenvalue weighted by atomic mass is 9.52. The molecule has 1 fully saturated rings. The maximum atomic E-state index is 16.1. The SMILES string of the molecule is CCCCC[C@H]1CC[C@H](C2(c3ccccc3F)C(c3ccccc3F)=CC(C(=O)O)C=C2c2ccccc2F)CC1. The monoisotopic (exact) mass is 558 g/mol. The van der Waals surface area contributed by atoms with Gasteiger partial charge in [-0.2, -0.15) is 0 Å². The highest BCUT2D eigenvalue weighted by molar-refractivity contribution is 5.98. The van der Waals surface area contributed by atoms with Gasteiger partial charge in [0.25, 0.3) is 0 Å². The molecule has 41 heavy (non-hydrogen) atoms. The highest BCUT2D eigenvalue weighted by atomic mass is 19.1. The van der Waals surface area contributed by atoms with Gasteiger partial charge in [0.2, 0.25) is 0 Å². The number of benzene rings is 3. The zero-order valence-corrected chi connectivity index (χ0v) is 23.5. The Labute approximate surface area is 240 Å². The van der Waals surface area contributed by atoms with E-state index in [9.17, 15) is 9.90 Å². The van der Waals surface area contributed by atoms with Crippen LogP contribution in [0.1, 0.15) is 75.0 Å². The van der Waals surface area contributed by atoms with Gasteiger partial charge in [0.05, 0.1) is 11.3 Å². The molecule has 3 aromatic rings. The molecule has 0 bridgehead atoms. The van der Waals surface area contributed by atoms with E-state index in [0.29, 0.717) is 22.6 Å². The molecule has 2 aliphatic carbocycles. The molecule has 1 saturated carbocycles. The number of carbonyl (C=O) groups is 1. The molecule has 0 spiro atoms. The van der Waals surface area contributed by atoms with Crippen molar-refractivity contribution in [3.8, 4) is 0 Å². The van der Waals surface area contributed by atoms with Gasteiger partial charge in [-0.3, -0.25) is 4.79 Å². The maximum Gasteiger partial charge on any atom is 0.314 e. The van der Waals surface area contributed by atoms with Crippen molar-refractivity contribution in [2.75, 3.05) is 0 Å². The van der Waals surface area contributed by atoms with Crippen LogP contribution in [-0.2, 0) is 10.2 Å². The van der Waals surface area contributed by atoms with Crippen LogP contribution in [0.3, 0.4) is 0 Å². The standard InChI is InChI=1S/C36H37F3O2/c1-2-3-4-11-24-18-20-26(21-19-24)36(29-14-7-10-17-34(29)39)30(27-12-5-8-15-32(27)37)22-25(35(40)41)23-31(36)28-13-6-9-16-33(28)38/h5-10,12-17,22-26H,2-4,11,18-21H2,1H3,(H,40,41)/t24-,25?,26-,36?. The molecule has 0 aromatic heterocycles. The molecular formula is C36H37F3O2. The summed E-state index contributed by atoms with van der Waals surface area (Å²) < 4.78 is 47.5. The maximum absolute atomic E-state index is 16.1. The summed E-state index contributed by atoms with van der Waals surface area (Å²) in [5.74, 6) is -3.44. The largest absolute Gasteiger partial charge is 0.481 e. The van der Waals surface area contributed by atoms with E-state index in [0.717, 1.165) is 38.5 Å². The molecule has 0 unspecified atom stereocenters. The number of hydrogen-bond donors (Lipinski definition) is 1. The van der Waals surface area contributed by atoms with Crippen molar-refractivity contribution >= 4 is 17.1 Å². The third-order valence-electron chi connectivity index (χ3n) is 9.13. The van der Waals surface area contributed by atoms with E-state index in [1.165, 1.54) is 31.0 Å². The van der Waals surface area contributed by atoms with Gasteiger partial charge in [-0.15, -0.1) is 0 Å². The molecule has 0 aliphatic heterocycles. The molecule has 2 aliphatic rings. The first kappa shape index (κ1) is 28.9. The van der Waals surface area contributed by atoms with Crippen molar-refractivity contribution in [1.29, 1.82) is 0 Å². The fourth-order valence-electron chi connectivity index (χ4n) is 7.22. The number of allylic oxidation sites excluding steroid dienone is 2. The smallest absolute Gasteiger partial charge is 0.314 e. The van der Waals surface area contributed by atoms with E-state index >= 15 is 13.2 Å². The Kier molecular flexibility index (Phi) is 8.82. The summed E-state index contributed by atoms with van der Waals surface area (Å²) in [5, 5.41) is 10.2. The third-order valence-corrected chi connectivity index (χ3v) is 9.13. The van der Waals surface area contributed by atoms with E-state index in [-0.39, 0.29) is 17.0 Å². The summed E-state index contributed by atoms with van der Waals surface area (Å²) in [6.07, 6.45) is 11.1. The van der Waals surface area contributed by atoms with Crippen LogP contribution in [0.5, 0.6) is 0 Å². The van der Waals surface area contributed by atoms with Gasteiger partial charge in [0.1, 0.15) is 17.5 Å². The number of rotatable bonds is 9. The molecule has 0 atom stereocenters. The quantitative estimate of drug-likeness (QED) is 0.266. The lowest BCUT2D eigenvalue weighted by Crippen LogP contribution is -2.43. The van der Waals surface area contributed by atoms with E-state index < -0.39 is 34.8 Å². The number of carboxylic acid groups (broad SMARTS) is 1. The van der Waals surface area contributed by atoms with Crippen LogP contribution in [0.25, 0.3) is 11.1 Å². The van der Waals surface area contributed by atoms with Crippen LogP contribution < -0.4 is 0 Å². The van der Waals surface area contributed by atoms with Crippen LogP contribution in [-0.4, -0.2) is 11.1 Å². The van der Waals surface area contributed by atoms with Crippen molar-refractivity contribution in [2.45, 2.75) is 63.7 Å². The second kappa shape index (κ2) is 12.5. The molecule has 0 radical (unpaired) electrons. The predicted octanol–water partition coefficient (Wildman–Crippen LogP) is 9.61. The van der Waals surface area contributed by atoms with Gasteiger partial charge in [0.15, 0.2) is 0 Å². The van der Waals surface area contributed by atoms with E-state index in [1.54, 1.807) is 66.7 Å². The average Bonchev–Trinajstić information content (AvgIpc) is 2.98. The third kappa shape index (κ3) is 5.51. The lowest BCUT2D eigenvalue weighted by Gasteiger charge is -2.50. The summed E-state index contributed by atoms with van der Waals surface area (Å²) in [6.45, 7) is 2.19. The molecular weight excluding hydrogens is 521 g/mol. The second-order valence-corrected chi connectivity index (χ2v) is 11.5. The van der Waals surface area contributed by atoms with Crippen molar-refractivity contribution in [3.63, 3.8) is 0 Å². The highest BCUT2D eigenvalue weighted by Gasteiger charge is 2.52. The van der Waals surface area contributed by atoms with Crippen molar-refractivity contribution in [3.05, 3.63) is 119 Å². The number of aliphatic carboxylic acids is 1. The predicted molar refractivity (Wildman–Crippen MR) is 158 cm³/mol. The zero-order chi connectivity index (χ0) is 29.0. The minimum atomic E-state index is -1.30. The number of halogens is 3. The first-order valence-corrected chi connectivity index (χ1v) is 14.8. The molecule has 214 valence electrons. The topological polar surface area (TPSA) is 37.3 Å². The fraction of sp³-hybridized carbons (Fsp3) is 0.361. The van der Waals surface area contributed by atoms with Gasteiger partial charge >= 0.3 is 5.97 Å². The highest BCUT2D eigenvalue weighted by Crippen LogP contribution is 2.60. The Morgan fingerprint density at radius 3 is 1.76 bits per heavy atom. The Balaban J connectivity index is 1.79. The number of unbranched alkanes of at least 4 members (excludes halogenated alkanes) is 2. The Morgan fingerprint density at radius 1 is 0.756 bits per heavy atom. The van der Waals surface area contributed by atoms with Crippen molar-refractivity contribution in [2.24, 2.45) is 17.8 Å². The molecule has 2 nitrogen and oxygen atoms in total. The van der Waals surface area contributed by atoms with E-state index in [2.05, 4.69) is 6.92 Å². The number of hydrogen-bond acceptors (Lipinski definition) is 1. The number of carboxylic acids is 1. The minimum absolute atomic E-state index is 0.201. The zero-order valence-electron chi connectivity index (χ0n) is 23.5. The Morgan fingerprint density at radius 2 is 1.27 bits per heavy atom. The summed E-state index contributed by atoms with van der Waals surface area (Å²) in [6, 6.07) is 18.9. The molecule has 1 N–H and O–H groups in total. The van der Waals surface area contributed by atoms with Crippen molar-refractivity contribution < 1.29 is 23.1 Å². The average molecular weight is 559 g/mol. The van der Waals surface area contributed by atoms with Crippen molar-refractivity contribution in [1.82, 2.24) is 0 Å². The van der Waals surface area contributed by atoms with Crippen LogP contribution in [0.2, 0.25) is 0 Å². The molecule has 3 aromatic carbocycles. The van der Waals surface area contributed by atoms with Gasteiger partial charge in [0, 0.05) is 16.7 Å². The summed E-state index contributed by atoms with van der Waals surface area (Å²) in [7, 11) is 0. The first-order valence-electron chi connectivity index (χ1n) is 14.8. The normalized spacial score (nSPS) is 24.4. The van der Waals surface area contributed by atoms with Crippen LogP contribution in [0, 0.1) is 35.2 Å². The van der Waals surface area contributed by atoms with Gasteiger partial charge in [-0.25, -0.2) is 13.2 Å². The van der Waals surface area contributed by atoms with Gasteiger partial charge in [-0.1, -0.05) is 112 Å². The fourth-order valence-corrected chi connectivity index (χ4v) is 7.22. The second-order valence-electron chi connectivity index (χ2n) is 11.5. The minimum Gasteiger partial charge on any atom is -0.481 e. The van der Waals surface area contributed by atoms with Gasteiger partial charge < -0.3 is 5.11 Å². The molecule has 0 amide bonds. The molecule has 5 rings (SSSR count). The van der Waals surface area contributed by atoms with Crippen LogP contribution in [0.4, 0.5) is 13.2 Å². The van der Waals surface area contributed by atoms with E-state index in [4.69, 9.17) is 0 Å². The van der Waals surface area contributed by atoms with Gasteiger partial charge in [-0.05, 0) is 54.0 Å². The Bertz CT molecular complexity index is 1380. The molecule has 5 heteroatoms. The molecule has 0 saturated heterocycles. The summed E-state index contributed by atoms with van der Waals surface area (Å²) in [4.78, 5) is 12.5.